The first-order chi connectivity index (χ1) is 9.56. The summed E-state index contributed by atoms with van der Waals surface area (Å²) in [6.45, 7) is 9.85. The maximum atomic E-state index is 5.36. The van der Waals surface area contributed by atoms with Crippen LogP contribution in [0.15, 0.2) is 24.3 Å². The van der Waals surface area contributed by atoms with Crippen LogP contribution in [-0.4, -0.2) is 19.8 Å². The number of hydrogen-bond donors (Lipinski definition) is 1. The predicted molar refractivity (Wildman–Crippen MR) is 87.1 cm³/mol. The van der Waals surface area contributed by atoms with Crippen LogP contribution in [0.4, 0.5) is 0 Å². The summed E-state index contributed by atoms with van der Waals surface area (Å²) in [6, 6.07) is 9.48. The molecule has 2 heteroatoms. The average molecular weight is 277 g/mol. The van der Waals surface area contributed by atoms with Crippen LogP contribution < -0.4 is 5.32 Å². The molecule has 2 unspecified atom stereocenters. The van der Waals surface area contributed by atoms with Gasteiger partial charge in [-0.05, 0) is 49.8 Å². The van der Waals surface area contributed by atoms with Crippen LogP contribution in [0.2, 0.25) is 0 Å². The van der Waals surface area contributed by atoms with Crippen LogP contribution in [0.3, 0.4) is 0 Å². The Morgan fingerprint density at radius 2 is 1.90 bits per heavy atom. The van der Waals surface area contributed by atoms with Crippen molar-refractivity contribution in [3.63, 3.8) is 0 Å². The van der Waals surface area contributed by atoms with E-state index in [4.69, 9.17) is 4.74 Å². The minimum atomic E-state index is 0.329. The van der Waals surface area contributed by atoms with Gasteiger partial charge in [0, 0.05) is 13.2 Å². The van der Waals surface area contributed by atoms with Crippen molar-refractivity contribution in [2.75, 3.05) is 13.7 Å². The molecular formula is C18H31NO. The van der Waals surface area contributed by atoms with Gasteiger partial charge in [-0.15, -0.1) is 0 Å². The van der Waals surface area contributed by atoms with Crippen molar-refractivity contribution in [1.29, 1.82) is 0 Å². The van der Waals surface area contributed by atoms with Crippen LogP contribution in [0.1, 0.15) is 57.7 Å². The summed E-state index contributed by atoms with van der Waals surface area (Å²) in [7, 11) is 1.79. The van der Waals surface area contributed by atoms with Gasteiger partial charge in [-0.2, -0.15) is 0 Å². The van der Waals surface area contributed by atoms with Crippen LogP contribution in [0.5, 0.6) is 0 Å². The normalized spacial score (nSPS) is 14.5. The molecule has 1 aromatic carbocycles. The van der Waals surface area contributed by atoms with Crippen molar-refractivity contribution in [3.05, 3.63) is 35.4 Å². The molecule has 0 heterocycles. The second kappa shape index (κ2) is 9.15. The van der Waals surface area contributed by atoms with E-state index in [1.54, 1.807) is 7.11 Å². The molecule has 20 heavy (non-hydrogen) atoms. The summed E-state index contributed by atoms with van der Waals surface area (Å²) in [5.74, 6) is 0.705. The van der Waals surface area contributed by atoms with Gasteiger partial charge in [-0.3, -0.25) is 0 Å². The fourth-order valence-electron chi connectivity index (χ4n) is 2.56. The quantitative estimate of drug-likeness (QED) is 0.724. The van der Waals surface area contributed by atoms with Gasteiger partial charge in [-0.1, -0.05) is 45.0 Å². The van der Waals surface area contributed by atoms with Gasteiger partial charge < -0.3 is 10.1 Å². The van der Waals surface area contributed by atoms with Gasteiger partial charge in [0.1, 0.15) is 0 Å². The largest absolute Gasteiger partial charge is 0.382 e. The molecule has 2 atom stereocenters. The molecule has 1 N–H and O–H groups in total. The lowest BCUT2D eigenvalue weighted by Gasteiger charge is -2.21. The number of benzene rings is 1. The first-order valence-electron chi connectivity index (χ1n) is 7.91. The van der Waals surface area contributed by atoms with E-state index in [2.05, 4.69) is 57.3 Å². The number of ether oxygens (including phenoxy) is 1. The molecule has 2 nitrogen and oxygen atoms in total. The van der Waals surface area contributed by atoms with E-state index < -0.39 is 0 Å². The van der Waals surface area contributed by atoms with Crippen molar-refractivity contribution in [2.45, 2.75) is 59.1 Å². The fourth-order valence-corrected chi connectivity index (χ4v) is 2.56. The van der Waals surface area contributed by atoms with Gasteiger partial charge in [0.2, 0.25) is 0 Å². The molecule has 0 saturated carbocycles. The predicted octanol–water partition coefficient (Wildman–Crippen LogP) is 4.35. The Bertz CT molecular complexity index is 375. The van der Waals surface area contributed by atoms with E-state index >= 15 is 0 Å². The zero-order chi connectivity index (χ0) is 15.0. The fraction of sp³-hybridized carbons (Fsp3) is 0.667. The molecule has 0 fully saturated rings. The zero-order valence-corrected chi connectivity index (χ0v) is 13.8. The van der Waals surface area contributed by atoms with Crippen LogP contribution in [-0.2, 0) is 11.2 Å². The van der Waals surface area contributed by atoms with E-state index in [0.717, 1.165) is 25.8 Å². The number of methoxy groups -OCH3 is 1. The molecule has 1 rings (SSSR count). The molecule has 0 aromatic heterocycles. The number of rotatable bonds is 9. The number of hydrogen-bond acceptors (Lipinski definition) is 2. The highest BCUT2D eigenvalue weighted by molar-refractivity contribution is 5.26. The standard InChI is InChI=1S/C18H31NO/c1-6-19-18(11-10-15(4)20-5)17-9-7-8-16(13-17)12-14(2)3/h7-9,13-15,18-19H,6,10-12H2,1-5H3. The molecule has 114 valence electrons. The second-order valence-corrected chi connectivity index (χ2v) is 6.08. The Kier molecular flexibility index (Phi) is 7.86. The first kappa shape index (κ1) is 17.2. The topological polar surface area (TPSA) is 21.3 Å². The Labute approximate surface area is 124 Å². The van der Waals surface area contributed by atoms with E-state index in [1.165, 1.54) is 11.1 Å². The lowest BCUT2D eigenvalue weighted by atomic mass is 9.95. The van der Waals surface area contributed by atoms with Gasteiger partial charge in [0.25, 0.3) is 0 Å². The van der Waals surface area contributed by atoms with Gasteiger partial charge in [0.15, 0.2) is 0 Å². The molecule has 0 radical (unpaired) electrons. The molecule has 0 saturated heterocycles. The smallest absolute Gasteiger partial charge is 0.0543 e. The Balaban J connectivity index is 2.74. The van der Waals surface area contributed by atoms with Crippen LogP contribution in [0.25, 0.3) is 0 Å². The van der Waals surface area contributed by atoms with Crippen LogP contribution >= 0.6 is 0 Å². The van der Waals surface area contributed by atoms with Crippen molar-refractivity contribution < 1.29 is 4.74 Å². The van der Waals surface area contributed by atoms with Gasteiger partial charge in [-0.25, -0.2) is 0 Å². The molecule has 0 aliphatic heterocycles. The maximum Gasteiger partial charge on any atom is 0.0543 e. The van der Waals surface area contributed by atoms with Crippen LogP contribution in [0, 0.1) is 5.92 Å². The molecule has 0 spiro atoms. The van der Waals surface area contributed by atoms with E-state index in [1.807, 2.05) is 0 Å². The summed E-state index contributed by atoms with van der Waals surface area (Å²) >= 11 is 0. The monoisotopic (exact) mass is 277 g/mol. The third kappa shape index (κ3) is 6.06. The third-order valence-electron chi connectivity index (χ3n) is 3.71. The summed E-state index contributed by atoms with van der Waals surface area (Å²) in [5, 5.41) is 3.60. The maximum absolute atomic E-state index is 5.36. The van der Waals surface area contributed by atoms with Crippen molar-refractivity contribution in [3.8, 4) is 0 Å². The minimum Gasteiger partial charge on any atom is -0.382 e. The highest BCUT2D eigenvalue weighted by Crippen LogP contribution is 2.22. The lowest BCUT2D eigenvalue weighted by molar-refractivity contribution is 0.106. The number of nitrogens with one attached hydrogen (secondary N) is 1. The van der Waals surface area contributed by atoms with Gasteiger partial charge >= 0.3 is 0 Å². The molecule has 0 bridgehead atoms. The average Bonchev–Trinajstić information content (AvgIpc) is 2.42. The van der Waals surface area contributed by atoms with E-state index in [-0.39, 0.29) is 0 Å². The first-order valence-corrected chi connectivity index (χ1v) is 7.91. The molecule has 1 aromatic rings. The highest BCUT2D eigenvalue weighted by atomic mass is 16.5. The van der Waals surface area contributed by atoms with E-state index in [9.17, 15) is 0 Å². The van der Waals surface area contributed by atoms with Crippen molar-refractivity contribution in [2.24, 2.45) is 5.92 Å². The summed E-state index contributed by atoms with van der Waals surface area (Å²) in [6.07, 6.45) is 3.69. The third-order valence-corrected chi connectivity index (χ3v) is 3.71. The van der Waals surface area contributed by atoms with Gasteiger partial charge in [0.05, 0.1) is 6.10 Å². The Hall–Kier alpha value is -0.860. The molecule has 0 aliphatic rings. The molecule has 0 amide bonds. The Morgan fingerprint density at radius 1 is 1.15 bits per heavy atom. The van der Waals surface area contributed by atoms with Crippen molar-refractivity contribution >= 4 is 0 Å². The zero-order valence-electron chi connectivity index (χ0n) is 13.8. The molecular weight excluding hydrogens is 246 g/mol. The van der Waals surface area contributed by atoms with E-state index in [0.29, 0.717) is 18.1 Å². The lowest BCUT2D eigenvalue weighted by Crippen LogP contribution is -2.22. The Morgan fingerprint density at radius 3 is 2.50 bits per heavy atom. The summed E-state index contributed by atoms with van der Waals surface area (Å²) < 4.78 is 5.36. The summed E-state index contributed by atoms with van der Waals surface area (Å²) in [5.41, 5.74) is 2.86. The highest BCUT2D eigenvalue weighted by Gasteiger charge is 2.12. The molecule has 0 aliphatic carbocycles. The second-order valence-electron chi connectivity index (χ2n) is 6.08. The minimum absolute atomic E-state index is 0.329. The van der Waals surface area contributed by atoms with Crippen molar-refractivity contribution in [1.82, 2.24) is 5.32 Å². The SMILES string of the molecule is CCNC(CCC(C)OC)c1cccc(CC(C)C)c1. The summed E-state index contributed by atoms with van der Waals surface area (Å²) in [4.78, 5) is 0.